The van der Waals surface area contributed by atoms with Gasteiger partial charge in [0.15, 0.2) is 10.8 Å². The molecule has 1 aromatic carbocycles. The molecule has 2 aliphatic heterocycles. The molecule has 0 aliphatic carbocycles. The zero-order chi connectivity index (χ0) is 27.6. The van der Waals surface area contributed by atoms with Gasteiger partial charge in [-0.3, -0.25) is 14.6 Å². The number of sulfonamides is 1. The van der Waals surface area contributed by atoms with Gasteiger partial charge in [-0.2, -0.15) is 4.31 Å². The summed E-state index contributed by atoms with van der Waals surface area (Å²) in [5.41, 5.74) is 1.00. The normalized spacial score (nSPS) is 20.0. The summed E-state index contributed by atoms with van der Waals surface area (Å²) in [7, 11) is -3.95. The fourth-order valence-electron chi connectivity index (χ4n) is 5.12. The number of fused-ring (bicyclic) bond motifs is 1. The van der Waals surface area contributed by atoms with Crippen LogP contribution in [0.15, 0.2) is 71.9 Å². The summed E-state index contributed by atoms with van der Waals surface area (Å²) in [5, 5.41) is 3.04. The van der Waals surface area contributed by atoms with Gasteiger partial charge in [-0.1, -0.05) is 55.0 Å². The molecule has 3 atom stereocenters. The third-order valence-electron chi connectivity index (χ3n) is 6.90. The topological polar surface area (TPSA) is 126 Å². The van der Waals surface area contributed by atoms with Crippen molar-refractivity contribution in [1.29, 1.82) is 0 Å². The van der Waals surface area contributed by atoms with E-state index in [2.05, 4.69) is 10.3 Å². The van der Waals surface area contributed by atoms with Gasteiger partial charge in [0.25, 0.3) is 0 Å². The minimum absolute atomic E-state index is 0.000460. The Kier molecular flexibility index (Phi) is 7.78. The minimum atomic E-state index is -3.95. The van der Waals surface area contributed by atoms with Crippen LogP contribution < -0.4 is 10.1 Å². The average molecular weight is 569 g/mol. The highest BCUT2D eigenvalue weighted by Crippen LogP contribution is 2.35. The van der Waals surface area contributed by atoms with Crippen LogP contribution in [0.2, 0.25) is 0 Å². The molecule has 2 aliphatic rings. The maximum Gasteiger partial charge on any atom is 0.414 e. The summed E-state index contributed by atoms with van der Waals surface area (Å²) in [5.74, 6) is -0.769. The van der Waals surface area contributed by atoms with Crippen molar-refractivity contribution in [1.82, 2.24) is 19.5 Å². The Morgan fingerprint density at radius 1 is 1.15 bits per heavy atom. The van der Waals surface area contributed by atoms with Gasteiger partial charge in [0.1, 0.15) is 17.0 Å². The van der Waals surface area contributed by atoms with Crippen molar-refractivity contribution in [2.24, 2.45) is 0 Å². The van der Waals surface area contributed by atoms with Crippen LogP contribution in [0.1, 0.15) is 26.2 Å². The van der Waals surface area contributed by atoms with Gasteiger partial charge in [-0.25, -0.2) is 13.2 Å². The van der Waals surface area contributed by atoms with Gasteiger partial charge in [0.2, 0.25) is 15.9 Å². The first-order valence-electron chi connectivity index (χ1n) is 12.7. The number of aromatic nitrogens is 1. The van der Waals surface area contributed by atoms with E-state index in [4.69, 9.17) is 4.74 Å². The summed E-state index contributed by atoms with van der Waals surface area (Å²) in [6, 6.07) is 13.7. The number of Topliss-reactive ketones (excluding diaryl/α,β-unsaturated/α-hetero) is 1. The van der Waals surface area contributed by atoms with E-state index in [1.165, 1.54) is 45.1 Å². The SMILES string of the molecule is CCCC(NC(=O)Oc1ccc(-c2ccccc2)s1)C(=O)N1CCC2C1C(=O)CN2S(=O)(=O)c1cccnc1. The van der Waals surface area contributed by atoms with Crippen LogP contribution in [0.5, 0.6) is 5.06 Å². The first-order chi connectivity index (χ1) is 18.8. The third-order valence-corrected chi connectivity index (χ3v) is 9.77. The monoisotopic (exact) mass is 568 g/mol. The van der Waals surface area contributed by atoms with E-state index < -0.39 is 40.1 Å². The predicted molar refractivity (Wildman–Crippen MR) is 145 cm³/mol. The van der Waals surface area contributed by atoms with Crippen molar-refractivity contribution >= 4 is 39.1 Å². The molecule has 5 rings (SSSR count). The first-order valence-corrected chi connectivity index (χ1v) is 14.9. The number of thiophene rings is 1. The Morgan fingerprint density at radius 3 is 2.67 bits per heavy atom. The molecule has 204 valence electrons. The number of carbonyl (C=O) groups is 3. The molecular formula is C27H28N4O6S2. The number of benzene rings is 1. The maximum absolute atomic E-state index is 13.6. The number of pyridine rings is 1. The number of carbonyl (C=O) groups excluding carboxylic acids is 3. The first kappa shape index (κ1) is 27.0. The molecule has 1 N–H and O–H groups in total. The molecule has 2 fully saturated rings. The highest BCUT2D eigenvalue weighted by molar-refractivity contribution is 7.89. The van der Waals surface area contributed by atoms with Gasteiger partial charge >= 0.3 is 6.09 Å². The molecule has 3 aromatic rings. The van der Waals surface area contributed by atoms with Crippen LogP contribution >= 0.6 is 11.3 Å². The van der Waals surface area contributed by atoms with Crippen molar-refractivity contribution in [2.75, 3.05) is 13.1 Å². The Morgan fingerprint density at radius 2 is 1.95 bits per heavy atom. The summed E-state index contributed by atoms with van der Waals surface area (Å²) in [6.45, 7) is 1.78. The molecule has 2 aromatic heterocycles. The van der Waals surface area contributed by atoms with E-state index >= 15 is 0 Å². The highest BCUT2D eigenvalue weighted by atomic mass is 32.2. The van der Waals surface area contributed by atoms with E-state index in [0.717, 1.165) is 10.4 Å². The molecular weight excluding hydrogens is 540 g/mol. The number of ether oxygens (including phenoxy) is 1. The van der Waals surface area contributed by atoms with E-state index in [-0.39, 0.29) is 23.8 Å². The van der Waals surface area contributed by atoms with Gasteiger partial charge in [-0.15, -0.1) is 0 Å². The summed E-state index contributed by atoms with van der Waals surface area (Å²) in [6.07, 6.45) is 3.21. The second kappa shape index (κ2) is 11.2. The van der Waals surface area contributed by atoms with Crippen LogP contribution in [-0.4, -0.2) is 71.6 Å². The average Bonchev–Trinajstić information content (AvgIpc) is 3.66. The van der Waals surface area contributed by atoms with Crippen LogP contribution in [0.3, 0.4) is 0 Å². The molecule has 4 heterocycles. The van der Waals surface area contributed by atoms with Crippen LogP contribution in [0, 0.1) is 0 Å². The van der Waals surface area contributed by atoms with E-state index in [0.29, 0.717) is 24.3 Å². The fraction of sp³-hybridized carbons (Fsp3) is 0.333. The highest BCUT2D eigenvalue weighted by Gasteiger charge is 2.54. The van der Waals surface area contributed by atoms with Crippen molar-refractivity contribution in [3.63, 3.8) is 0 Å². The van der Waals surface area contributed by atoms with Gasteiger partial charge in [-0.05, 0) is 42.7 Å². The second-order valence-corrected chi connectivity index (χ2v) is 12.3. The molecule has 0 radical (unpaired) electrons. The van der Waals surface area contributed by atoms with E-state index in [1.807, 2.05) is 43.3 Å². The summed E-state index contributed by atoms with van der Waals surface area (Å²) >= 11 is 1.31. The predicted octanol–water partition coefficient (Wildman–Crippen LogP) is 3.31. The number of ketones is 1. The Hall–Kier alpha value is -3.61. The third kappa shape index (κ3) is 5.45. The number of rotatable bonds is 8. The number of hydrogen-bond donors (Lipinski definition) is 1. The summed E-state index contributed by atoms with van der Waals surface area (Å²) < 4.78 is 33.0. The molecule has 0 bridgehead atoms. The second-order valence-electron chi connectivity index (χ2n) is 9.40. The van der Waals surface area contributed by atoms with E-state index in [1.54, 1.807) is 6.07 Å². The molecule has 2 saturated heterocycles. The van der Waals surface area contributed by atoms with E-state index in [9.17, 15) is 22.8 Å². The summed E-state index contributed by atoms with van der Waals surface area (Å²) in [4.78, 5) is 45.5. The van der Waals surface area contributed by atoms with Crippen molar-refractivity contribution in [2.45, 2.75) is 49.2 Å². The molecule has 10 nitrogen and oxygen atoms in total. The van der Waals surface area contributed by atoms with Crippen LogP contribution in [0.4, 0.5) is 4.79 Å². The molecule has 0 spiro atoms. The Labute approximate surface area is 230 Å². The lowest BCUT2D eigenvalue weighted by molar-refractivity contribution is -0.138. The quantitative estimate of drug-likeness (QED) is 0.442. The number of nitrogens with one attached hydrogen (secondary N) is 1. The number of amides is 2. The Balaban J connectivity index is 1.27. The lowest BCUT2D eigenvalue weighted by Gasteiger charge is -2.28. The smallest absolute Gasteiger partial charge is 0.399 e. The van der Waals surface area contributed by atoms with Crippen LogP contribution in [-0.2, 0) is 19.6 Å². The maximum atomic E-state index is 13.6. The molecule has 2 amide bonds. The fourth-order valence-corrected chi connectivity index (χ4v) is 7.57. The number of likely N-dealkylation sites (tertiary alicyclic amines) is 1. The number of nitrogens with zero attached hydrogens (tertiary/aromatic N) is 3. The largest absolute Gasteiger partial charge is 0.414 e. The molecule has 0 saturated carbocycles. The number of hydrogen-bond acceptors (Lipinski definition) is 8. The minimum Gasteiger partial charge on any atom is -0.399 e. The molecule has 3 unspecified atom stereocenters. The zero-order valence-corrected chi connectivity index (χ0v) is 22.9. The van der Waals surface area contributed by atoms with Gasteiger partial charge in [0.05, 0.1) is 12.6 Å². The van der Waals surface area contributed by atoms with Crippen molar-refractivity contribution in [3.05, 3.63) is 67.0 Å². The Bertz CT molecular complexity index is 1460. The van der Waals surface area contributed by atoms with Gasteiger partial charge in [0, 0.05) is 23.8 Å². The van der Waals surface area contributed by atoms with Crippen molar-refractivity contribution in [3.8, 4) is 15.5 Å². The van der Waals surface area contributed by atoms with Gasteiger partial charge < -0.3 is 15.0 Å². The molecule has 39 heavy (non-hydrogen) atoms. The lowest BCUT2D eigenvalue weighted by atomic mass is 10.1. The standard InChI is InChI=1S/C27H28N4O6S2/c1-2-7-20(29-27(34)37-24-12-11-23(38-24)18-8-4-3-5-9-18)26(33)30-15-13-21-25(30)22(32)17-31(21)39(35,36)19-10-6-14-28-16-19/h3-6,8-12,14,16,20-21,25H,2,7,13,15,17H2,1H3,(H,29,34). The zero-order valence-electron chi connectivity index (χ0n) is 21.2. The van der Waals surface area contributed by atoms with Crippen molar-refractivity contribution < 1.29 is 27.5 Å². The molecule has 12 heteroatoms. The van der Waals surface area contributed by atoms with Crippen LogP contribution in [0.25, 0.3) is 10.4 Å². The lowest BCUT2D eigenvalue weighted by Crippen LogP contribution is -2.52.